The van der Waals surface area contributed by atoms with Crippen molar-refractivity contribution in [1.82, 2.24) is 0 Å². The Morgan fingerprint density at radius 2 is 0.811 bits per heavy atom. The van der Waals surface area contributed by atoms with E-state index < -0.39 is 8.24 Å². The van der Waals surface area contributed by atoms with Gasteiger partial charge in [-0.15, -0.1) is 0 Å². The summed E-state index contributed by atoms with van der Waals surface area (Å²) in [6.07, 6.45) is 5.89. The van der Waals surface area contributed by atoms with Gasteiger partial charge in [-0.05, 0) is 141 Å². The van der Waals surface area contributed by atoms with Crippen LogP contribution in [0.15, 0.2) is 221 Å². The van der Waals surface area contributed by atoms with Gasteiger partial charge in [-0.1, -0.05) is 176 Å². The van der Waals surface area contributed by atoms with Crippen molar-refractivity contribution in [1.29, 1.82) is 0 Å². The highest BCUT2D eigenvalue weighted by Crippen LogP contribution is 2.38. The summed E-state index contributed by atoms with van der Waals surface area (Å²) < 4.78 is 0. The van der Waals surface area contributed by atoms with Crippen molar-refractivity contribution in [2.45, 2.75) is 61.2 Å². The molecule has 0 radical (unpaired) electrons. The minimum atomic E-state index is -1.40. The van der Waals surface area contributed by atoms with Gasteiger partial charge in [-0.2, -0.15) is 0 Å². The van der Waals surface area contributed by atoms with E-state index in [1.807, 2.05) is 105 Å². The fourth-order valence-corrected chi connectivity index (χ4v) is 9.86. The van der Waals surface area contributed by atoms with Crippen LogP contribution in [0, 0.1) is 41.5 Å². The Morgan fingerprint density at radius 1 is 0.378 bits per heavy atom. The smallest absolute Gasteiger partial charge is 0.144 e. The predicted molar refractivity (Wildman–Crippen MR) is 326 cm³/mol. The summed E-state index contributed by atoms with van der Waals surface area (Å²) >= 11 is 0. The molecule has 0 aromatic heterocycles. The van der Waals surface area contributed by atoms with Crippen molar-refractivity contribution in [3.05, 3.63) is 256 Å². The second kappa shape index (κ2) is 25.8. The molecule has 0 aliphatic carbocycles. The van der Waals surface area contributed by atoms with Crippen LogP contribution in [0.3, 0.4) is 0 Å². The largest absolute Gasteiger partial charge is 0.410 e. The van der Waals surface area contributed by atoms with Crippen LogP contribution in [0.2, 0.25) is 19.6 Å². The van der Waals surface area contributed by atoms with Gasteiger partial charge in [-0.3, -0.25) is 15.0 Å². The van der Waals surface area contributed by atoms with E-state index >= 15 is 0 Å². The molecule has 6 nitrogen and oxygen atoms in total. The van der Waals surface area contributed by atoms with Crippen LogP contribution in [0.1, 0.15) is 50.1 Å². The van der Waals surface area contributed by atoms with Crippen molar-refractivity contribution in [3.63, 3.8) is 0 Å². The molecule has 0 unspecified atom stereocenters. The standard InChI is InChI=1S/C33H28N2.C18H24N2Si.C16H18N2/c1-24-13-12-14-25(2)32(24)34-23-29-21-28(26-15-6-3-7-16-26)22-31(27-17-8-4-9-18-27)33(29)35-30-19-10-5-11-20-30;1-14-11-15(2)18(20-21(3,4)5)16(12-14)13-19-17-9-7-6-8-10-17;1-12-9-13(2)16(17-3)14(10-12)11-18-15-7-5-4-6-8-15/h3-23,35H,1-2H3;6-13,20H,1-5H3;4-11,17H,1-3H3. The zero-order valence-corrected chi connectivity index (χ0v) is 45.7. The lowest BCUT2D eigenvalue weighted by Gasteiger charge is -2.23. The minimum absolute atomic E-state index is 0.971. The molecule has 3 N–H and O–H groups in total. The number of anilines is 4. The fourth-order valence-electron chi connectivity index (χ4n) is 8.77. The Kier molecular flexibility index (Phi) is 18.6. The van der Waals surface area contributed by atoms with Gasteiger partial charge >= 0.3 is 0 Å². The van der Waals surface area contributed by atoms with Crippen molar-refractivity contribution in [2.75, 3.05) is 22.7 Å². The number of nitrogens with zero attached hydrogens (tertiary/aromatic N) is 3. The molecule has 0 bridgehead atoms. The molecule has 9 rings (SSSR count). The number of hydrogen-bond donors (Lipinski definition) is 3. The molecule has 0 fully saturated rings. The van der Waals surface area contributed by atoms with E-state index in [1.165, 1.54) is 50.2 Å². The lowest BCUT2D eigenvalue weighted by atomic mass is 9.94. The lowest BCUT2D eigenvalue weighted by molar-refractivity contribution is 1.33. The highest BCUT2D eigenvalue weighted by molar-refractivity contribution is 6.79. The third kappa shape index (κ3) is 15.3. The maximum absolute atomic E-state index is 4.98. The second-order valence-corrected chi connectivity index (χ2v) is 24.4. The molecular weight excluding hydrogens is 917 g/mol. The van der Waals surface area contributed by atoms with Crippen LogP contribution in [-0.2, 0) is 0 Å². The summed E-state index contributed by atoms with van der Waals surface area (Å²) in [7, 11) is 0.544. The topological polar surface area (TPSA) is 73.2 Å². The molecule has 0 amide bonds. The van der Waals surface area contributed by atoms with Crippen LogP contribution in [0.5, 0.6) is 0 Å². The molecule has 0 heterocycles. The zero-order valence-electron chi connectivity index (χ0n) is 44.7. The van der Waals surface area contributed by atoms with E-state index in [-0.39, 0.29) is 0 Å². The summed E-state index contributed by atoms with van der Waals surface area (Å²) in [5.74, 6) is 0. The third-order valence-corrected chi connectivity index (χ3v) is 13.2. The van der Waals surface area contributed by atoms with E-state index in [2.05, 4.69) is 214 Å². The molecule has 0 saturated heterocycles. The molecular formula is C67H70N6Si. The van der Waals surface area contributed by atoms with Crippen LogP contribution in [0.25, 0.3) is 22.3 Å². The number of aryl methyl sites for hydroxylation is 6. The van der Waals surface area contributed by atoms with Crippen molar-refractivity contribution >= 4 is 66.7 Å². The van der Waals surface area contributed by atoms with Crippen LogP contribution < -0.4 is 15.6 Å². The zero-order chi connectivity index (χ0) is 52.5. The average molecular weight is 987 g/mol. The lowest BCUT2D eigenvalue weighted by Crippen LogP contribution is -2.33. The van der Waals surface area contributed by atoms with Gasteiger partial charge in [0.2, 0.25) is 0 Å². The Hall–Kier alpha value is -8.39. The molecule has 0 atom stereocenters. The van der Waals surface area contributed by atoms with Gasteiger partial charge < -0.3 is 15.6 Å². The van der Waals surface area contributed by atoms with Crippen molar-refractivity contribution in [2.24, 2.45) is 15.0 Å². The summed E-state index contributed by atoms with van der Waals surface area (Å²) in [4.78, 5) is 17.8. The van der Waals surface area contributed by atoms with E-state index in [4.69, 9.17) is 4.99 Å². The molecule has 0 spiro atoms. The van der Waals surface area contributed by atoms with Gasteiger partial charge in [0.25, 0.3) is 0 Å². The average Bonchev–Trinajstić information content (AvgIpc) is 3.40. The maximum atomic E-state index is 4.98. The molecule has 0 saturated carbocycles. The van der Waals surface area contributed by atoms with E-state index in [1.54, 1.807) is 0 Å². The van der Waals surface area contributed by atoms with Crippen LogP contribution in [0.4, 0.5) is 39.8 Å². The third-order valence-electron chi connectivity index (χ3n) is 12.2. The molecule has 372 valence electrons. The molecule has 9 aromatic carbocycles. The first-order valence-electron chi connectivity index (χ1n) is 25.3. The quantitative estimate of drug-likeness (QED) is 0.0796. The Bertz CT molecular complexity index is 3310. The van der Waals surface area contributed by atoms with Crippen molar-refractivity contribution in [3.8, 4) is 22.3 Å². The SMILES string of the molecule is CNc1c(C)cc(C)cc1C=Nc1ccccc1.Cc1cc(C)c(N[Si](C)(C)C)c(C=Nc2ccccc2)c1.Cc1cccc(C)c1N=Cc1cc(-c2ccccc2)cc(-c2ccccc2)c1Nc1ccccc1. The van der Waals surface area contributed by atoms with Crippen molar-refractivity contribution < 1.29 is 0 Å². The van der Waals surface area contributed by atoms with E-state index in [0.717, 1.165) is 61.9 Å². The van der Waals surface area contributed by atoms with Crippen LogP contribution >= 0.6 is 0 Å². The highest BCUT2D eigenvalue weighted by atomic mass is 28.3. The Morgan fingerprint density at radius 3 is 1.31 bits per heavy atom. The number of hydrogen-bond acceptors (Lipinski definition) is 6. The molecule has 0 aliphatic rings. The van der Waals surface area contributed by atoms with E-state index in [0.29, 0.717) is 0 Å². The number of nitrogens with one attached hydrogen (secondary N) is 3. The first-order chi connectivity index (χ1) is 35.7. The summed E-state index contributed by atoms with van der Waals surface area (Å²) in [5, 5.41) is 6.93. The van der Waals surface area contributed by atoms with Gasteiger partial charge in [0.05, 0.1) is 22.7 Å². The Balaban J connectivity index is 0.000000175. The molecule has 9 aromatic rings. The first-order valence-corrected chi connectivity index (χ1v) is 28.8. The second-order valence-electron chi connectivity index (χ2n) is 19.6. The molecule has 0 aliphatic heterocycles. The molecule has 74 heavy (non-hydrogen) atoms. The van der Waals surface area contributed by atoms with Crippen LogP contribution in [-0.4, -0.2) is 33.9 Å². The van der Waals surface area contributed by atoms with Gasteiger partial charge in [0, 0.05) is 65.0 Å². The summed E-state index contributed by atoms with van der Waals surface area (Å²) in [6, 6.07) is 70.9. The fraction of sp³-hybridized carbons (Fsp3) is 0.149. The van der Waals surface area contributed by atoms with Gasteiger partial charge in [0.15, 0.2) is 0 Å². The number of benzene rings is 9. The minimum Gasteiger partial charge on any atom is -0.410 e. The predicted octanol–water partition coefficient (Wildman–Crippen LogP) is 18.5. The molecule has 7 heteroatoms. The summed E-state index contributed by atoms with van der Waals surface area (Å²) in [5.41, 5.74) is 22.8. The normalized spacial score (nSPS) is 11.2. The van der Waals surface area contributed by atoms with Gasteiger partial charge in [-0.25, -0.2) is 0 Å². The first kappa shape index (κ1) is 53.4. The monoisotopic (exact) mass is 987 g/mol. The number of para-hydroxylation sites is 4. The van der Waals surface area contributed by atoms with Gasteiger partial charge in [0.1, 0.15) is 8.24 Å². The Labute approximate surface area is 441 Å². The van der Waals surface area contributed by atoms with E-state index in [9.17, 15) is 0 Å². The number of rotatable bonds is 13. The highest BCUT2D eigenvalue weighted by Gasteiger charge is 2.17. The summed E-state index contributed by atoms with van der Waals surface area (Å²) in [6.45, 7) is 19.7. The maximum Gasteiger partial charge on any atom is 0.144 e. The number of aliphatic imine (C=N–C) groups is 3.